The number of H-pyrrole nitrogens is 1. The Balaban J connectivity index is 1.65. The van der Waals surface area contributed by atoms with Crippen LogP contribution in [0.1, 0.15) is 82.0 Å². The van der Waals surface area contributed by atoms with Crippen molar-refractivity contribution in [3.8, 4) is 17.0 Å². The number of nitrogens with two attached hydrogens (primary N) is 1. The van der Waals surface area contributed by atoms with Gasteiger partial charge in [-0.15, -0.1) is 0 Å². The summed E-state index contributed by atoms with van der Waals surface area (Å²) >= 11 is 6.15. The summed E-state index contributed by atoms with van der Waals surface area (Å²) in [6, 6.07) is 14.0. The molecule has 2 atom stereocenters. The van der Waals surface area contributed by atoms with Crippen molar-refractivity contribution < 1.29 is 27.9 Å². The highest BCUT2D eigenvalue weighted by atomic mass is 35.5. The maximum atomic E-state index is 14.5. The smallest absolute Gasteiger partial charge is 0.343 e. The third kappa shape index (κ3) is 7.34. The van der Waals surface area contributed by atoms with Gasteiger partial charge in [0, 0.05) is 16.9 Å². The third-order valence-electron chi connectivity index (χ3n) is 9.48. The van der Waals surface area contributed by atoms with Crippen molar-refractivity contribution in [3.63, 3.8) is 0 Å². The fourth-order valence-electron chi connectivity index (χ4n) is 7.01. The molecule has 2 aromatic heterocycles. The molecule has 0 bridgehead atoms. The first-order valence-corrected chi connectivity index (χ1v) is 18.2. The van der Waals surface area contributed by atoms with Crippen LogP contribution in [0.3, 0.4) is 0 Å². The number of aromatic hydroxyl groups is 1. The second kappa shape index (κ2) is 13.3. The number of esters is 1. The number of aromatic nitrogens is 2. The number of hydrogen-bond acceptors (Lipinski definition) is 8. The fourth-order valence-corrected chi connectivity index (χ4v) is 7.98. The van der Waals surface area contributed by atoms with Gasteiger partial charge in [-0.2, -0.15) is 8.42 Å². The number of nitrogen functional groups attached to an aromatic ring is 1. The number of amides is 1. The van der Waals surface area contributed by atoms with Crippen LogP contribution in [-0.2, 0) is 14.9 Å². The minimum Gasteiger partial charge on any atom is -0.494 e. The molecule has 2 heterocycles. The summed E-state index contributed by atoms with van der Waals surface area (Å²) in [5.74, 6) is -3.01. The second-order valence-electron chi connectivity index (χ2n) is 15.3. The molecule has 268 valence electrons. The summed E-state index contributed by atoms with van der Waals surface area (Å²) in [6.45, 7) is 14.9. The number of nitrogens with one attached hydrogen (secondary N) is 3. The van der Waals surface area contributed by atoms with E-state index in [-0.39, 0.29) is 45.1 Å². The van der Waals surface area contributed by atoms with Gasteiger partial charge in [-0.3, -0.25) is 14.3 Å². The summed E-state index contributed by atoms with van der Waals surface area (Å²) in [5.41, 5.74) is 3.83. The lowest BCUT2D eigenvalue weighted by atomic mass is 9.59. The van der Waals surface area contributed by atoms with Gasteiger partial charge in [0.15, 0.2) is 0 Å². The number of carbonyl (C=O) groups is 2. The first kappa shape index (κ1) is 36.8. The maximum Gasteiger partial charge on any atom is 0.343 e. The normalized spacial score (nSPS) is 20.0. The zero-order valence-corrected chi connectivity index (χ0v) is 30.7. The number of para-hydroxylation sites is 1. The van der Waals surface area contributed by atoms with Gasteiger partial charge >= 0.3 is 16.2 Å². The summed E-state index contributed by atoms with van der Waals surface area (Å²) in [4.78, 5) is 44.5. The Morgan fingerprint density at radius 1 is 0.960 bits per heavy atom. The Labute approximate surface area is 296 Å². The molecule has 14 heteroatoms. The molecule has 1 saturated carbocycles. The molecule has 1 amide bonds. The first-order chi connectivity index (χ1) is 23.2. The summed E-state index contributed by atoms with van der Waals surface area (Å²) < 4.78 is 36.7. The molecule has 6 N–H and O–H groups in total. The molecule has 0 aliphatic heterocycles. The van der Waals surface area contributed by atoms with E-state index in [0.717, 1.165) is 12.8 Å². The number of ether oxygens (including phenoxy) is 1. The van der Waals surface area contributed by atoms with E-state index in [4.69, 9.17) is 22.1 Å². The zero-order valence-electron chi connectivity index (χ0n) is 29.1. The van der Waals surface area contributed by atoms with Crippen LogP contribution in [0.4, 0.5) is 11.5 Å². The monoisotopic (exact) mass is 725 g/mol. The highest BCUT2D eigenvalue weighted by molar-refractivity contribution is 7.91. The molecule has 2 aromatic carbocycles. The molecule has 12 nitrogen and oxygen atoms in total. The predicted molar refractivity (Wildman–Crippen MR) is 194 cm³/mol. The molecule has 1 fully saturated rings. The van der Waals surface area contributed by atoms with Crippen LogP contribution in [0.2, 0.25) is 5.02 Å². The van der Waals surface area contributed by atoms with E-state index < -0.39 is 51.0 Å². The van der Waals surface area contributed by atoms with E-state index in [1.54, 1.807) is 47.2 Å². The Morgan fingerprint density at radius 3 is 2.06 bits per heavy atom. The van der Waals surface area contributed by atoms with Gasteiger partial charge in [0.05, 0.1) is 11.3 Å². The number of fused-ring (bicyclic) bond motifs is 1. The quantitative estimate of drug-likeness (QED) is 0.132. The Hall–Kier alpha value is -4.49. The molecule has 0 radical (unpaired) electrons. The topological polar surface area (TPSA) is 185 Å². The molecule has 1 aliphatic rings. The van der Waals surface area contributed by atoms with Crippen molar-refractivity contribution in [2.75, 3.05) is 10.5 Å². The molecule has 4 aromatic rings. The fraction of sp³-hybridized carbons (Fsp3) is 0.417. The van der Waals surface area contributed by atoms with Crippen LogP contribution in [0, 0.1) is 28.6 Å². The SMILES string of the molecule is CC1CC(C(C)(C)C)C(OC(=O)c2c(-c3ccc(Cl)cc3)c(O)n3c(=O)c(C(=O)NS(=O)(=O)Nc4ccccc4)c(N)[nH]c23)C(C(C)(C)C)C1. The zero-order chi connectivity index (χ0) is 36.9. The Bertz CT molecular complexity index is 2070. The number of benzene rings is 2. The van der Waals surface area contributed by atoms with Crippen molar-refractivity contribution in [1.82, 2.24) is 14.1 Å². The number of aromatic amines is 1. The van der Waals surface area contributed by atoms with Crippen LogP contribution in [0.25, 0.3) is 16.8 Å². The Kier molecular flexibility index (Phi) is 9.81. The van der Waals surface area contributed by atoms with E-state index >= 15 is 0 Å². The molecule has 0 spiro atoms. The minimum absolute atomic E-state index is 0.00764. The van der Waals surface area contributed by atoms with E-state index in [2.05, 4.69) is 58.2 Å². The highest BCUT2D eigenvalue weighted by Gasteiger charge is 2.48. The van der Waals surface area contributed by atoms with Crippen molar-refractivity contribution >= 4 is 50.8 Å². The van der Waals surface area contributed by atoms with E-state index in [9.17, 15) is 27.9 Å². The van der Waals surface area contributed by atoms with Crippen LogP contribution >= 0.6 is 11.6 Å². The minimum atomic E-state index is -4.51. The molecule has 5 rings (SSSR count). The van der Waals surface area contributed by atoms with E-state index in [0.29, 0.717) is 20.9 Å². The number of anilines is 2. The average Bonchev–Trinajstić information content (AvgIpc) is 3.28. The van der Waals surface area contributed by atoms with Crippen LogP contribution in [0.5, 0.6) is 5.88 Å². The summed E-state index contributed by atoms with van der Waals surface area (Å²) in [7, 11) is -4.51. The van der Waals surface area contributed by atoms with Crippen LogP contribution in [0.15, 0.2) is 59.4 Å². The highest BCUT2D eigenvalue weighted by Crippen LogP contribution is 2.50. The number of rotatable bonds is 7. The van der Waals surface area contributed by atoms with Gasteiger partial charge in [0.25, 0.3) is 11.5 Å². The predicted octanol–water partition coefficient (Wildman–Crippen LogP) is 6.60. The average molecular weight is 726 g/mol. The molecular weight excluding hydrogens is 682 g/mol. The first-order valence-electron chi connectivity index (χ1n) is 16.4. The second-order valence-corrected chi connectivity index (χ2v) is 17.1. The number of hydrogen-bond donors (Lipinski definition) is 5. The largest absolute Gasteiger partial charge is 0.494 e. The third-order valence-corrected chi connectivity index (χ3v) is 10.7. The summed E-state index contributed by atoms with van der Waals surface area (Å²) in [6.07, 6.45) is 1.17. The lowest BCUT2D eigenvalue weighted by Crippen LogP contribution is -2.49. The van der Waals surface area contributed by atoms with E-state index in [1.165, 1.54) is 12.1 Å². The van der Waals surface area contributed by atoms with Crippen molar-refractivity contribution in [2.45, 2.75) is 67.4 Å². The number of carbonyl (C=O) groups excluding carboxylic acids is 2. The maximum absolute atomic E-state index is 14.5. The number of halogens is 1. The standard InChI is InChI=1S/C36H44ClN5O7S/c1-19-17-23(35(2,3)4)28(24(18-19)36(5,6)7)49-34(46)26-25(20-13-15-21(37)16-14-20)32(44)42-30(26)39-29(38)27(33(42)45)31(43)41-50(47,48)40-22-11-9-8-10-12-22/h8-16,19,23-24,28,39-40,44H,17-18,38H2,1-7H3,(H,41,43). The van der Waals surface area contributed by atoms with Gasteiger partial charge in [-0.25, -0.2) is 13.9 Å². The van der Waals surface area contributed by atoms with Gasteiger partial charge in [0.2, 0.25) is 5.88 Å². The van der Waals surface area contributed by atoms with Crippen LogP contribution in [-0.4, -0.2) is 40.9 Å². The van der Waals surface area contributed by atoms with Gasteiger partial charge in [-0.1, -0.05) is 90.4 Å². The van der Waals surface area contributed by atoms with Crippen LogP contribution < -0.4 is 20.7 Å². The Morgan fingerprint density at radius 2 is 1.52 bits per heavy atom. The molecule has 50 heavy (non-hydrogen) atoms. The lowest BCUT2D eigenvalue weighted by molar-refractivity contribution is -0.0922. The van der Waals surface area contributed by atoms with Crippen molar-refractivity contribution in [3.05, 3.63) is 81.1 Å². The molecule has 2 unspecified atom stereocenters. The summed E-state index contributed by atoms with van der Waals surface area (Å²) in [5, 5.41) is 12.0. The van der Waals surface area contributed by atoms with Gasteiger partial charge < -0.3 is 20.6 Å². The molecule has 0 saturated heterocycles. The van der Waals surface area contributed by atoms with Crippen molar-refractivity contribution in [1.29, 1.82) is 0 Å². The molecular formula is C36H44ClN5O7S. The molecule has 1 aliphatic carbocycles. The van der Waals surface area contributed by atoms with E-state index in [1.807, 2.05) is 0 Å². The van der Waals surface area contributed by atoms with Gasteiger partial charge in [-0.05, 0) is 59.4 Å². The lowest BCUT2D eigenvalue weighted by Gasteiger charge is -2.50. The van der Waals surface area contributed by atoms with Crippen molar-refractivity contribution in [2.24, 2.45) is 28.6 Å². The van der Waals surface area contributed by atoms with Gasteiger partial charge in [0.1, 0.15) is 28.7 Å². The number of nitrogens with zero attached hydrogens (tertiary/aromatic N) is 1.